The first-order valence-corrected chi connectivity index (χ1v) is 8.41. The van der Waals surface area contributed by atoms with E-state index < -0.39 is 0 Å². The number of benzene rings is 1. The van der Waals surface area contributed by atoms with Gasteiger partial charge in [0.25, 0.3) is 0 Å². The number of aryl methyl sites for hydroxylation is 1. The van der Waals surface area contributed by atoms with Gasteiger partial charge in [-0.2, -0.15) is 0 Å². The van der Waals surface area contributed by atoms with Crippen LogP contribution >= 0.6 is 0 Å². The third kappa shape index (κ3) is 3.80. The molecule has 120 valence electrons. The van der Waals surface area contributed by atoms with Crippen molar-refractivity contribution in [2.75, 3.05) is 19.7 Å². The van der Waals surface area contributed by atoms with Crippen LogP contribution in [0.5, 0.6) is 0 Å². The van der Waals surface area contributed by atoms with Crippen LogP contribution in [0.2, 0.25) is 0 Å². The molecule has 0 radical (unpaired) electrons. The number of nitrogens with zero attached hydrogens (tertiary/aromatic N) is 1. The van der Waals surface area contributed by atoms with E-state index in [1.165, 1.54) is 36.8 Å². The molecule has 2 saturated carbocycles. The Kier molecular flexibility index (Phi) is 4.67. The average Bonchev–Trinajstić information content (AvgIpc) is 3.38. The first-order chi connectivity index (χ1) is 10.7. The van der Waals surface area contributed by atoms with Crippen molar-refractivity contribution in [1.82, 2.24) is 10.2 Å². The summed E-state index contributed by atoms with van der Waals surface area (Å²) in [5, 5.41) is 12.4. The molecule has 1 aromatic rings. The summed E-state index contributed by atoms with van der Waals surface area (Å²) in [4.78, 5) is 14.4. The maximum absolute atomic E-state index is 12.6. The van der Waals surface area contributed by atoms with Gasteiger partial charge in [-0.1, -0.05) is 24.3 Å². The zero-order valence-corrected chi connectivity index (χ0v) is 13.3. The highest BCUT2D eigenvalue weighted by atomic mass is 16.3. The van der Waals surface area contributed by atoms with Gasteiger partial charge in [-0.15, -0.1) is 0 Å². The molecule has 0 heterocycles. The van der Waals surface area contributed by atoms with E-state index in [9.17, 15) is 9.90 Å². The molecule has 2 fully saturated rings. The molecule has 3 rings (SSSR count). The number of hydrogen-bond acceptors (Lipinski definition) is 2. The lowest BCUT2D eigenvalue weighted by atomic mass is 9.98. The van der Waals surface area contributed by atoms with E-state index in [4.69, 9.17) is 0 Å². The molecule has 2 N–H and O–H groups in total. The Morgan fingerprint density at radius 2 is 2.05 bits per heavy atom. The van der Waals surface area contributed by atoms with Gasteiger partial charge >= 0.3 is 6.03 Å². The van der Waals surface area contributed by atoms with Crippen molar-refractivity contribution in [3.05, 3.63) is 35.4 Å². The van der Waals surface area contributed by atoms with Crippen molar-refractivity contribution in [1.29, 1.82) is 0 Å². The van der Waals surface area contributed by atoms with E-state index in [0.717, 1.165) is 6.54 Å². The third-order valence-electron chi connectivity index (χ3n) is 4.73. The molecule has 1 atom stereocenters. The second-order valence-electron chi connectivity index (χ2n) is 6.73. The summed E-state index contributed by atoms with van der Waals surface area (Å²) in [5.41, 5.74) is 2.46. The van der Waals surface area contributed by atoms with Gasteiger partial charge < -0.3 is 15.3 Å². The Labute approximate surface area is 132 Å². The Balaban J connectivity index is 1.69. The number of aliphatic hydroxyl groups excluding tert-OH is 1. The molecule has 0 bridgehead atoms. The monoisotopic (exact) mass is 302 g/mol. The summed E-state index contributed by atoms with van der Waals surface area (Å²) < 4.78 is 0. The summed E-state index contributed by atoms with van der Waals surface area (Å²) in [6, 6.07) is 8.38. The highest BCUT2D eigenvalue weighted by Crippen LogP contribution is 2.42. The average molecular weight is 302 g/mol. The molecule has 2 aliphatic carbocycles. The van der Waals surface area contributed by atoms with Gasteiger partial charge in [0.15, 0.2) is 0 Å². The van der Waals surface area contributed by atoms with Crippen LogP contribution in [0.15, 0.2) is 24.3 Å². The van der Waals surface area contributed by atoms with Crippen LogP contribution < -0.4 is 5.32 Å². The van der Waals surface area contributed by atoms with E-state index in [0.29, 0.717) is 18.4 Å². The van der Waals surface area contributed by atoms with Gasteiger partial charge in [0.2, 0.25) is 0 Å². The second kappa shape index (κ2) is 6.69. The van der Waals surface area contributed by atoms with Crippen LogP contribution in [-0.2, 0) is 0 Å². The van der Waals surface area contributed by atoms with E-state index >= 15 is 0 Å². The quantitative estimate of drug-likeness (QED) is 0.814. The van der Waals surface area contributed by atoms with E-state index in [1.807, 2.05) is 12.1 Å². The molecule has 0 aliphatic heterocycles. The minimum atomic E-state index is -0.0268. The Bertz CT molecular complexity index is 524. The molecule has 0 saturated heterocycles. The molecule has 2 amide bonds. The van der Waals surface area contributed by atoms with Crippen LogP contribution in [0.25, 0.3) is 0 Å². The molecule has 4 nitrogen and oxygen atoms in total. The van der Waals surface area contributed by atoms with E-state index in [-0.39, 0.29) is 18.7 Å². The standard InChI is InChI=1S/C18H26N2O2/c1-13-4-2-3-5-16(13)17(15-8-9-15)19-18(22)20(10-11-21)12-14-6-7-14/h2-5,14-15,17,21H,6-12H2,1H3,(H,19,22)/t17-/m0/s1. The summed E-state index contributed by atoms with van der Waals surface area (Å²) >= 11 is 0. The number of urea groups is 1. The zero-order valence-electron chi connectivity index (χ0n) is 13.3. The van der Waals surface area contributed by atoms with E-state index in [1.54, 1.807) is 4.90 Å². The molecule has 2 aliphatic rings. The summed E-state index contributed by atoms with van der Waals surface area (Å²) in [6.07, 6.45) is 4.78. The number of carbonyl (C=O) groups is 1. The molecular formula is C18H26N2O2. The van der Waals surface area contributed by atoms with Gasteiger partial charge in [-0.05, 0) is 55.6 Å². The number of nitrogens with one attached hydrogen (secondary N) is 1. The maximum Gasteiger partial charge on any atom is 0.317 e. The molecule has 4 heteroatoms. The number of hydrogen-bond donors (Lipinski definition) is 2. The first kappa shape index (κ1) is 15.3. The smallest absolute Gasteiger partial charge is 0.317 e. The summed E-state index contributed by atoms with van der Waals surface area (Å²) in [6.45, 7) is 3.33. The maximum atomic E-state index is 12.6. The number of carbonyl (C=O) groups excluding carboxylic acids is 1. The van der Waals surface area contributed by atoms with Crippen molar-refractivity contribution in [3.63, 3.8) is 0 Å². The van der Waals surface area contributed by atoms with Crippen LogP contribution in [0.1, 0.15) is 42.9 Å². The fraction of sp³-hybridized carbons (Fsp3) is 0.611. The fourth-order valence-corrected chi connectivity index (χ4v) is 3.05. The number of amides is 2. The van der Waals surface area contributed by atoms with Gasteiger partial charge in [0.1, 0.15) is 0 Å². The first-order valence-electron chi connectivity index (χ1n) is 8.41. The molecular weight excluding hydrogens is 276 g/mol. The predicted molar refractivity (Wildman–Crippen MR) is 86.6 cm³/mol. The van der Waals surface area contributed by atoms with Crippen molar-refractivity contribution < 1.29 is 9.90 Å². The third-order valence-corrected chi connectivity index (χ3v) is 4.73. The largest absolute Gasteiger partial charge is 0.395 e. The number of rotatable bonds is 7. The molecule has 0 unspecified atom stereocenters. The second-order valence-corrected chi connectivity index (χ2v) is 6.73. The highest BCUT2D eigenvalue weighted by molar-refractivity contribution is 5.75. The van der Waals surface area contributed by atoms with Gasteiger partial charge in [0, 0.05) is 13.1 Å². The van der Waals surface area contributed by atoms with Gasteiger partial charge in [0.05, 0.1) is 12.6 Å². The lowest BCUT2D eigenvalue weighted by Crippen LogP contribution is -2.44. The summed E-state index contributed by atoms with van der Waals surface area (Å²) in [7, 11) is 0. The molecule has 1 aromatic carbocycles. The fourth-order valence-electron chi connectivity index (χ4n) is 3.05. The number of aliphatic hydroxyl groups is 1. The van der Waals surface area contributed by atoms with Crippen LogP contribution in [-0.4, -0.2) is 35.7 Å². The van der Waals surface area contributed by atoms with E-state index in [2.05, 4.69) is 24.4 Å². The van der Waals surface area contributed by atoms with Crippen LogP contribution in [0.4, 0.5) is 4.79 Å². The molecule has 0 spiro atoms. The van der Waals surface area contributed by atoms with Crippen molar-refractivity contribution in [2.45, 2.75) is 38.6 Å². The van der Waals surface area contributed by atoms with Crippen molar-refractivity contribution in [3.8, 4) is 0 Å². The minimum Gasteiger partial charge on any atom is -0.395 e. The summed E-state index contributed by atoms with van der Waals surface area (Å²) in [5.74, 6) is 1.19. The Morgan fingerprint density at radius 3 is 2.64 bits per heavy atom. The SMILES string of the molecule is Cc1ccccc1[C@@H](NC(=O)N(CCO)CC1CC1)C1CC1. The topological polar surface area (TPSA) is 52.6 Å². The predicted octanol–water partition coefficient (Wildman–Crippen LogP) is 2.86. The van der Waals surface area contributed by atoms with Crippen LogP contribution in [0.3, 0.4) is 0 Å². The van der Waals surface area contributed by atoms with Crippen LogP contribution in [0, 0.1) is 18.8 Å². The van der Waals surface area contributed by atoms with Gasteiger partial charge in [-0.25, -0.2) is 4.79 Å². The van der Waals surface area contributed by atoms with Crippen molar-refractivity contribution in [2.24, 2.45) is 11.8 Å². The normalized spacial score (nSPS) is 18.8. The Hall–Kier alpha value is -1.55. The Morgan fingerprint density at radius 1 is 1.32 bits per heavy atom. The lowest BCUT2D eigenvalue weighted by Gasteiger charge is -2.27. The highest BCUT2D eigenvalue weighted by Gasteiger charge is 2.35. The minimum absolute atomic E-state index is 0.0264. The van der Waals surface area contributed by atoms with Crippen molar-refractivity contribution >= 4 is 6.03 Å². The van der Waals surface area contributed by atoms with Gasteiger partial charge in [-0.3, -0.25) is 0 Å². The molecule has 0 aromatic heterocycles. The lowest BCUT2D eigenvalue weighted by molar-refractivity contribution is 0.170. The molecule has 22 heavy (non-hydrogen) atoms. The zero-order chi connectivity index (χ0) is 15.5.